The Balaban J connectivity index is 1.84. The highest BCUT2D eigenvalue weighted by molar-refractivity contribution is 5.87. The van der Waals surface area contributed by atoms with Crippen LogP contribution in [-0.2, 0) is 14.3 Å². The molecule has 2 amide bonds. The Kier molecular flexibility index (Phi) is 7.45. The van der Waals surface area contributed by atoms with Gasteiger partial charge in [-0.25, -0.2) is 4.79 Å². The van der Waals surface area contributed by atoms with E-state index >= 15 is 0 Å². The van der Waals surface area contributed by atoms with Gasteiger partial charge in [0, 0.05) is 19.0 Å². The van der Waals surface area contributed by atoms with E-state index in [1.54, 1.807) is 4.90 Å². The Bertz CT molecular complexity index is 715. The summed E-state index contributed by atoms with van der Waals surface area (Å²) in [6, 6.07) is -0.0893. The van der Waals surface area contributed by atoms with Crippen LogP contribution in [0.15, 0.2) is 4.99 Å². The molecule has 0 unspecified atom stereocenters. The molecule has 2 aliphatic heterocycles. The summed E-state index contributed by atoms with van der Waals surface area (Å²) in [5.41, 5.74) is -0.253. The third-order valence-corrected chi connectivity index (χ3v) is 6.77. The Morgan fingerprint density at radius 1 is 1.22 bits per heavy atom. The largest absolute Gasteiger partial charge is 0.478 e. The van der Waals surface area contributed by atoms with E-state index in [1.807, 2.05) is 20.8 Å². The average molecular weight is 450 g/mol. The predicted octanol–water partition coefficient (Wildman–Crippen LogP) is 4.64. The minimum absolute atomic E-state index is 0.0446. The molecule has 0 aromatic heterocycles. The highest BCUT2D eigenvalue weighted by atomic mass is 16.6. The van der Waals surface area contributed by atoms with E-state index in [0.717, 1.165) is 25.7 Å². The number of ether oxygens (including phenoxy) is 2. The lowest BCUT2D eigenvalue weighted by Gasteiger charge is -2.43. The quantitative estimate of drug-likeness (QED) is 0.613. The van der Waals surface area contributed by atoms with E-state index in [9.17, 15) is 9.59 Å². The molecule has 0 N–H and O–H groups in total. The number of nitrogens with zero attached hydrogens (tertiary/aromatic N) is 3. The Hall–Kier alpha value is -1.79. The summed E-state index contributed by atoms with van der Waals surface area (Å²) >= 11 is 0. The maximum absolute atomic E-state index is 13.5. The van der Waals surface area contributed by atoms with Gasteiger partial charge in [0.1, 0.15) is 18.2 Å². The second kappa shape index (κ2) is 9.60. The molecular formula is C25H43N3O4. The van der Waals surface area contributed by atoms with Gasteiger partial charge >= 0.3 is 6.09 Å². The van der Waals surface area contributed by atoms with Crippen molar-refractivity contribution in [2.75, 3.05) is 19.7 Å². The summed E-state index contributed by atoms with van der Waals surface area (Å²) in [7, 11) is 0. The number of likely N-dealkylation sites (tertiary alicyclic amines) is 1. The van der Waals surface area contributed by atoms with Crippen LogP contribution in [0, 0.1) is 11.3 Å². The first-order chi connectivity index (χ1) is 14.9. The molecule has 2 heterocycles. The first-order valence-corrected chi connectivity index (χ1v) is 12.3. The summed E-state index contributed by atoms with van der Waals surface area (Å²) < 4.78 is 11.5. The zero-order valence-corrected chi connectivity index (χ0v) is 21.1. The zero-order valence-electron chi connectivity index (χ0n) is 21.1. The zero-order chi connectivity index (χ0) is 23.7. The van der Waals surface area contributed by atoms with Gasteiger partial charge in [-0.1, -0.05) is 27.7 Å². The molecule has 7 nitrogen and oxygen atoms in total. The molecule has 0 spiro atoms. The number of rotatable bonds is 5. The fraction of sp³-hybridized carbons (Fsp3) is 0.880. The molecule has 0 radical (unpaired) electrons. The molecule has 7 heteroatoms. The van der Waals surface area contributed by atoms with Crippen LogP contribution in [0.2, 0.25) is 0 Å². The van der Waals surface area contributed by atoms with Gasteiger partial charge in [-0.05, 0) is 64.2 Å². The summed E-state index contributed by atoms with van der Waals surface area (Å²) in [5, 5.41) is 0. The second-order valence-corrected chi connectivity index (χ2v) is 11.9. The van der Waals surface area contributed by atoms with Crippen molar-refractivity contribution in [1.82, 2.24) is 9.80 Å². The molecule has 0 aromatic rings. The van der Waals surface area contributed by atoms with E-state index in [0.29, 0.717) is 49.8 Å². The van der Waals surface area contributed by atoms with Gasteiger partial charge in [-0.3, -0.25) is 14.7 Å². The van der Waals surface area contributed by atoms with E-state index < -0.39 is 5.60 Å². The maximum atomic E-state index is 13.5. The van der Waals surface area contributed by atoms with Crippen molar-refractivity contribution in [3.8, 4) is 0 Å². The van der Waals surface area contributed by atoms with Crippen LogP contribution in [0.25, 0.3) is 0 Å². The normalized spacial score (nSPS) is 26.1. The van der Waals surface area contributed by atoms with Crippen LogP contribution in [0.1, 0.15) is 87.0 Å². The predicted molar refractivity (Wildman–Crippen MR) is 126 cm³/mol. The van der Waals surface area contributed by atoms with Crippen LogP contribution in [-0.4, -0.2) is 71.1 Å². The minimum Gasteiger partial charge on any atom is -0.478 e. The number of hydrogen-bond donors (Lipinski definition) is 0. The lowest BCUT2D eigenvalue weighted by Crippen LogP contribution is -2.51. The lowest BCUT2D eigenvalue weighted by atomic mass is 9.75. The Labute approximate surface area is 193 Å². The first-order valence-electron chi connectivity index (χ1n) is 12.3. The molecule has 1 saturated heterocycles. The van der Waals surface area contributed by atoms with Crippen molar-refractivity contribution in [1.29, 1.82) is 0 Å². The monoisotopic (exact) mass is 449 g/mol. The number of carbonyl (C=O) groups is 2. The SMILES string of the molecule is CC(C)CC(=O)N(C1CCC(C)(C)CC1)[C@H]1C[C@@H](C2=NCCO2)N(C(=O)OC(C)(C)C)C1. The molecule has 2 fully saturated rings. The van der Waals surface area contributed by atoms with Crippen molar-refractivity contribution < 1.29 is 19.1 Å². The fourth-order valence-electron chi connectivity index (χ4n) is 5.15. The van der Waals surface area contributed by atoms with Crippen molar-refractivity contribution in [3.63, 3.8) is 0 Å². The highest BCUT2D eigenvalue weighted by Crippen LogP contribution is 2.39. The Morgan fingerprint density at radius 3 is 2.41 bits per heavy atom. The average Bonchev–Trinajstić information content (AvgIpc) is 3.31. The van der Waals surface area contributed by atoms with Gasteiger partial charge in [0.25, 0.3) is 0 Å². The van der Waals surface area contributed by atoms with Crippen molar-refractivity contribution in [2.24, 2.45) is 16.3 Å². The van der Waals surface area contributed by atoms with Gasteiger partial charge in [0.2, 0.25) is 11.8 Å². The molecule has 0 aromatic carbocycles. The topological polar surface area (TPSA) is 71.4 Å². The summed E-state index contributed by atoms with van der Waals surface area (Å²) in [6.45, 7) is 16.1. The van der Waals surface area contributed by atoms with Crippen LogP contribution in [0.5, 0.6) is 0 Å². The number of hydrogen-bond acceptors (Lipinski definition) is 5. The smallest absolute Gasteiger partial charge is 0.411 e. The molecular weight excluding hydrogens is 406 g/mol. The Morgan fingerprint density at radius 2 is 1.88 bits per heavy atom. The van der Waals surface area contributed by atoms with Crippen LogP contribution < -0.4 is 0 Å². The van der Waals surface area contributed by atoms with E-state index in [4.69, 9.17) is 9.47 Å². The third kappa shape index (κ3) is 6.16. The van der Waals surface area contributed by atoms with Gasteiger partial charge in [0.05, 0.1) is 12.6 Å². The maximum Gasteiger partial charge on any atom is 0.411 e. The highest BCUT2D eigenvalue weighted by Gasteiger charge is 2.47. The lowest BCUT2D eigenvalue weighted by molar-refractivity contribution is -0.138. The molecule has 1 aliphatic carbocycles. The minimum atomic E-state index is -0.583. The van der Waals surface area contributed by atoms with Crippen LogP contribution >= 0.6 is 0 Å². The van der Waals surface area contributed by atoms with E-state index in [2.05, 4.69) is 37.6 Å². The van der Waals surface area contributed by atoms with Gasteiger partial charge < -0.3 is 14.4 Å². The third-order valence-electron chi connectivity index (χ3n) is 6.77. The van der Waals surface area contributed by atoms with Gasteiger partial charge in [-0.15, -0.1) is 0 Å². The molecule has 0 bridgehead atoms. The number of aliphatic imine (C=N–C) groups is 1. The fourth-order valence-corrected chi connectivity index (χ4v) is 5.15. The number of amides is 2. The molecule has 182 valence electrons. The van der Waals surface area contributed by atoms with E-state index in [1.165, 1.54) is 0 Å². The molecule has 1 saturated carbocycles. The van der Waals surface area contributed by atoms with E-state index in [-0.39, 0.29) is 30.1 Å². The molecule has 3 rings (SSSR count). The molecule has 32 heavy (non-hydrogen) atoms. The summed E-state index contributed by atoms with van der Waals surface area (Å²) in [5.74, 6) is 1.11. The summed E-state index contributed by atoms with van der Waals surface area (Å²) in [4.78, 5) is 34.9. The van der Waals surface area contributed by atoms with Crippen molar-refractivity contribution in [2.45, 2.75) is 111 Å². The standard InChI is InChI=1S/C25H43N3O4/c1-17(2)14-21(29)28(18-8-10-25(6,7)11-9-18)19-15-20(22-26-12-13-31-22)27(16-19)23(30)32-24(3,4)5/h17-20H,8-16H2,1-7H3/t19-,20-/m0/s1. The van der Waals surface area contributed by atoms with Crippen LogP contribution in [0.3, 0.4) is 0 Å². The van der Waals surface area contributed by atoms with Crippen molar-refractivity contribution in [3.05, 3.63) is 0 Å². The van der Waals surface area contributed by atoms with Gasteiger partial charge in [0.15, 0.2) is 0 Å². The summed E-state index contributed by atoms with van der Waals surface area (Å²) in [6.07, 6.45) is 5.09. The molecule has 2 atom stereocenters. The van der Waals surface area contributed by atoms with Gasteiger partial charge in [-0.2, -0.15) is 0 Å². The second-order valence-electron chi connectivity index (χ2n) is 11.9. The first kappa shape index (κ1) is 24.8. The number of carbonyl (C=O) groups excluding carboxylic acids is 2. The van der Waals surface area contributed by atoms with Crippen molar-refractivity contribution >= 4 is 17.9 Å². The molecule has 3 aliphatic rings. The van der Waals surface area contributed by atoms with Crippen LogP contribution in [0.4, 0.5) is 4.79 Å².